The van der Waals surface area contributed by atoms with Crippen LogP contribution in [0.25, 0.3) is 0 Å². The van der Waals surface area contributed by atoms with Crippen LogP contribution in [0.5, 0.6) is 0 Å². The predicted molar refractivity (Wildman–Crippen MR) is 130 cm³/mol. The van der Waals surface area contributed by atoms with Gasteiger partial charge in [-0.15, -0.1) is 5.10 Å². The SMILES string of the molecule is CCC1(CC)C(=O)N(C(CCC(=O)O)C(=O)O)C(=O)N([C@@H](CCCCn2cc(CCCF)nn2)C(=O)O)C1=O. The fourth-order valence-electron chi connectivity index (χ4n) is 4.66. The minimum absolute atomic E-state index is 0.129. The molecule has 0 spiro atoms. The second-order valence-corrected chi connectivity index (χ2v) is 9.32. The van der Waals surface area contributed by atoms with Crippen molar-refractivity contribution in [3.8, 4) is 0 Å². The standard InChI is InChI=1S/C24H34FN5O9/c1-3-24(4-2)21(37)29(23(39)30(22(24)38)17(20(35)36)10-11-18(31)32)16(19(33)34)9-5-6-13-28-14-15(26-27-28)8-7-12-25/h14,16-17H,3-13H2,1-2H3,(H,31,32)(H,33,34)(H,35,36)/t16-,17?/m0/s1. The van der Waals surface area contributed by atoms with Gasteiger partial charge in [-0.3, -0.25) is 23.5 Å². The molecule has 1 fully saturated rings. The molecule has 39 heavy (non-hydrogen) atoms. The number of amides is 4. The van der Waals surface area contributed by atoms with Gasteiger partial charge in [0.05, 0.1) is 12.4 Å². The van der Waals surface area contributed by atoms with Crippen molar-refractivity contribution in [2.75, 3.05) is 6.67 Å². The van der Waals surface area contributed by atoms with Crippen LogP contribution in [0.3, 0.4) is 0 Å². The molecule has 0 radical (unpaired) electrons. The highest BCUT2D eigenvalue weighted by Crippen LogP contribution is 2.39. The summed E-state index contributed by atoms with van der Waals surface area (Å²) in [7, 11) is 0. The monoisotopic (exact) mass is 555 g/mol. The minimum atomic E-state index is -1.90. The Morgan fingerprint density at radius 2 is 1.49 bits per heavy atom. The summed E-state index contributed by atoms with van der Waals surface area (Å²) < 4.78 is 13.9. The zero-order valence-electron chi connectivity index (χ0n) is 21.9. The number of barbiturate groups is 1. The number of hydrogen-bond donors (Lipinski definition) is 3. The fraction of sp³-hybridized carbons (Fsp3) is 0.667. The predicted octanol–water partition coefficient (Wildman–Crippen LogP) is 1.72. The summed E-state index contributed by atoms with van der Waals surface area (Å²) >= 11 is 0. The van der Waals surface area contributed by atoms with Crippen molar-refractivity contribution < 1.29 is 48.5 Å². The van der Waals surface area contributed by atoms with Gasteiger partial charge in [-0.25, -0.2) is 24.2 Å². The molecule has 0 saturated carbocycles. The van der Waals surface area contributed by atoms with E-state index in [1.165, 1.54) is 18.5 Å². The summed E-state index contributed by atoms with van der Waals surface area (Å²) in [5.41, 5.74) is -1.27. The van der Waals surface area contributed by atoms with Gasteiger partial charge in [0.2, 0.25) is 11.8 Å². The molecule has 3 N–H and O–H groups in total. The van der Waals surface area contributed by atoms with Crippen LogP contribution < -0.4 is 0 Å². The Bertz CT molecular complexity index is 1090. The number of aliphatic carboxylic acids is 3. The van der Waals surface area contributed by atoms with Crippen molar-refractivity contribution in [3.05, 3.63) is 11.9 Å². The van der Waals surface area contributed by atoms with E-state index < -0.39 is 72.8 Å². The van der Waals surface area contributed by atoms with Crippen LogP contribution in [0, 0.1) is 5.41 Å². The van der Waals surface area contributed by atoms with Crippen LogP contribution in [-0.4, -0.2) is 94.6 Å². The van der Waals surface area contributed by atoms with Gasteiger partial charge >= 0.3 is 23.9 Å². The van der Waals surface area contributed by atoms with Crippen molar-refractivity contribution in [1.29, 1.82) is 0 Å². The van der Waals surface area contributed by atoms with Crippen molar-refractivity contribution in [2.24, 2.45) is 5.41 Å². The van der Waals surface area contributed by atoms with E-state index in [4.69, 9.17) is 5.11 Å². The summed E-state index contributed by atoms with van der Waals surface area (Å²) in [5, 5.41) is 36.6. The summed E-state index contributed by atoms with van der Waals surface area (Å²) in [6, 6.07) is -4.99. The Kier molecular flexibility index (Phi) is 11.0. The number of aryl methyl sites for hydroxylation is 2. The van der Waals surface area contributed by atoms with E-state index in [1.54, 1.807) is 6.20 Å². The Balaban J connectivity index is 2.30. The Labute approximate surface area is 223 Å². The lowest BCUT2D eigenvalue weighted by molar-refractivity contribution is -0.170. The number of hydrogen-bond acceptors (Lipinski definition) is 8. The lowest BCUT2D eigenvalue weighted by Gasteiger charge is -2.46. The minimum Gasteiger partial charge on any atom is -0.481 e. The number of urea groups is 1. The molecule has 14 nitrogen and oxygen atoms in total. The van der Waals surface area contributed by atoms with E-state index in [0.29, 0.717) is 41.3 Å². The summed E-state index contributed by atoms with van der Waals surface area (Å²) in [4.78, 5) is 76.5. The van der Waals surface area contributed by atoms with Crippen LogP contribution in [-0.2, 0) is 36.9 Å². The summed E-state index contributed by atoms with van der Waals surface area (Å²) in [6.07, 6.45) is 1.25. The van der Waals surface area contributed by atoms with E-state index in [1.807, 2.05) is 0 Å². The zero-order valence-corrected chi connectivity index (χ0v) is 21.9. The summed E-state index contributed by atoms with van der Waals surface area (Å²) in [5.74, 6) is -6.64. The van der Waals surface area contributed by atoms with Crippen LogP contribution in [0.1, 0.15) is 70.9 Å². The van der Waals surface area contributed by atoms with Crippen LogP contribution in [0.15, 0.2) is 6.20 Å². The van der Waals surface area contributed by atoms with Gasteiger partial charge in [0, 0.05) is 19.2 Å². The van der Waals surface area contributed by atoms with Gasteiger partial charge in [-0.2, -0.15) is 0 Å². The van der Waals surface area contributed by atoms with Gasteiger partial charge in [0.25, 0.3) is 0 Å². The van der Waals surface area contributed by atoms with Gasteiger partial charge in [0.1, 0.15) is 17.5 Å². The van der Waals surface area contributed by atoms with Crippen LogP contribution in [0.2, 0.25) is 0 Å². The third-order valence-electron chi connectivity index (χ3n) is 6.97. The molecule has 2 rings (SSSR count). The second-order valence-electron chi connectivity index (χ2n) is 9.32. The normalized spacial score (nSPS) is 16.8. The molecule has 1 unspecified atom stereocenters. The Morgan fingerprint density at radius 3 is 1.97 bits per heavy atom. The van der Waals surface area contributed by atoms with Gasteiger partial charge < -0.3 is 15.3 Å². The first-order valence-corrected chi connectivity index (χ1v) is 12.8. The third kappa shape index (κ3) is 6.95. The largest absolute Gasteiger partial charge is 0.481 e. The molecule has 0 bridgehead atoms. The molecule has 1 aromatic rings. The smallest absolute Gasteiger partial charge is 0.335 e. The molecule has 1 aliphatic heterocycles. The maximum Gasteiger partial charge on any atom is 0.335 e. The van der Waals surface area contributed by atoms with E-state index in [0.717, 1.165) is 0 Å². The molecule has 2 atom stereocenters. The first-order chi connectivity index (χ1) is 18.4. The van der Waals surface area contributed by atoms with E-state index in [-0.39, 0.29) is 25.7 Å². The van der Waals surface area contributed by atoms with Crippen molar-refractivity contribution in [1.82, 2.24) is 24.8 Å². The molecule has 0 aromatic carbocycles. The number of carbonyl (C=O) groups is 6. The molecule has 4 amide bonds. The first-order valence-electron chi connectivity index (χ1n) is 12.8. The number of carbonyl (C=O) groups excluding carboxylic acids is 3. The van der Waals surface area contributed by atoms with Crippen molar-refractivity contribution in [2.45, 2.75) is 90.3 Å². The molecule has 1 aliphatic rings. The lowest BCUT2D eigenvalue weighted by Crippen LogP contribution is -2.70. The highest BCUT2D eigenvalue weighted by Gasteiger charge is 2.59. The van der Waals surface area contributed by atoms with E-state index >= 15 is 0 Å². The number of imide groups is 2. The number of rotatable bonds is 17. The van der Waals surface area contributed by atoms with E-state index in [9.17, 15) is 43.4 Å². The molecular weight excluding hydrogens is 521 g/mol. The quantitative estimate of drug-likeness (QED) is 0.187. The van der Waals surface area contributed by atoms with Crippen molar-refractivity contribution >= 4 is 35.8 Å². The average molecular weight is 556 g/mol. The van der Waals surface area contributed by atoms with E-state index in [2.05, 4.69) is 10.3 Å². The molecule has 216 valence electrons. The highest BCUT2D eigenvalue weighted by molar-refractivity contribution is 6.21. The Morgan fingerprint density at radius 1 is 0.923 bits per heavy atom. The van der Waals surface area contributed by atoms with Crippen LogP contribution >= 0.6 is 0 Å². The van der Waals surface area contributed by atoms with Gasteiger partial charge in [-0.1, -0.05) is 19.1 Å². The van der Waals surface area contributed by atoms with Crippen molar-refractivity contribution in [3.63, 3.8) is 0 Å². The molecule has 1 aromatic heterocycles. The number of carboxylic acid groups (broad SMARTS) is 3. The highest BCUT2D eigenvalue weighted by atomic mass is 19.1. The second kappa shape index (κ2) is 13.8. The zero-order chi connectivity index (χ0) is 29.3. The average Bonchev–Trinajstić information content (AvgIpc) is 3.34. The topological polar surface area (TPSA) is 200 Å². The fourth-order valence-corrected chi connectivity index (χ4v) is 4.66. The van der Waals surface area contributed by atoms with Crippen LogP contribution in [0.4, 0.5) is 9.18 Å². The molecule has 15 heteroatoms. The lowest BCUT2D eigenvalue weighted by atomic mass is 9.77. The number of alkyl halides is 1. The number of carboxylic acids is 3. The molecule has 2 heterocycles. The maximum absolute atomic E-state index is 13.5. The third-order valence-corrected chi connectivity index (χ3v) is 6.97. The maximum atomic E-state index is 13.5. The van der Waals surface area contributed by atoms with Gasteiger partial charge in [-0.05, 0) is 51.4 Å². The first kappa shape index (κ1) is 31.3. The number of nitrogens with zero attached hydrogens (tertiary/aromatic N) is 5. The van der Waals surface area contributed by atoms with Gasteiger partial charge in [0.15, 0.2) is 0 Å². The summed E-state index contributed by atoms with van der Waals surface area (Å²) in [6.45, 7) is 2.85. The number of unbranched alkanes of at least 4 members (excludes halogenated alkanes) is 1. The molecule has 1 saturated heterocycles. The molecule has 0 aliphatic carbocycles. The molecular formula is C24H34FN5O9. The number of aromatic nitrogens is 3. The number of halogens is 1. The Hall–Kier alpha value is -3.91.